The van der Waals surface area contributed by atoms with Crippen LogP contribution in [0.1, 0.15) is 0 Å². The number of nitrogens with zero attached hydrogens (tertiary/aromatic N) is 4. The Kier molecular flexibility index (Phi) is 3.57. The van der Waals surface area contributed by atoms with E-state index in [1.807, 2.05) is 78.9 Å². The van der Waals surface area contributed by atoms with E-state index in [0.29, 0.717) is 0 Å². The molecule has 5 rings (SSSR count). The lowest BCUT2D eigenvalue weighted by atomic mass is 10.1. The lowest BCUT2D eigenvalue weighted by Crippen LogP contribution is -1.97. The first-order chi connectivity index (χ1) is 13.3. The number of methoxy groups -OCH3 is 1. The number of hydrogen-bond acceptors (Lipinski definition) is 4. The van der Waals surface area contributed by atoms with Crippen LogP contribution >= 0.6 is 0 Å². The fourth-order valence-electron chi connectivity index (χ4n) is 3.30. The highest BCUT2D eigenvalue weighted by atomic mass is 16.5. The van der Waals surface area contributed by atoms with Crippen molar-refractivity contribution in [2.24, 2.45) is 0 Å². The quantitative estimate of drug-likeness (QED) is 0.475. The zero-order chi connectivity index (χ0) is 18.2. The Morgan fingerprint density at radius 2 is 1.48 bits per heavy atom. The summed E-state index contributed by atoms with van der Waals surface area (Å²) in [7, 11) is 1.66. The van der Waals surface area contributed by atoms with Crippen LogP contribution in [-0.4, -0.2) is 26.7 Å². The molecule has 0 bridgehead atoms. The van der Waals surface area contributed by atoms with Gasteiger partial charge in [0.1, 0.15) is 11.4 Å². The molecule has 0 saturated carbocycles. The smallest absolute Gasteiger partial charge is 0.188 e. The summed E-state index contributed by atoms with van der Waals surface area (Å²) in [5, 5.41) is 8.97. The summed E-state index contributed by atoms with van der Waals surface area (Å²) in [5.74, 6) is 1.59. The molecule has 0 aliphatic rings. The first-order valence-electron chi connectivity index (χ1n) is 8.69. The fourth-order valence-corrected chi connectivity index (χ4v) is 3.30. The Bertz CT molecular complexity index is 1240. The second-order valence-electron chi connectivity index (χ2n) is 6.23. The van der Waals surface area contributed by atoms with Gasteiger partial charge in [-0.05, 0) is 36.4 Å². The number of aromatic nitrogens is 4. The molecular formula is C22H16N4O. The molecular weight excluding hydrogens is 336 g/mol. The van der Waals surface area contributed by atoms with E-state index in [4.69, 9.17) is 9.72 Å². The monoisotopic (exact) mass is 352 g/mol. The molecule has 2 heterocycles. The maximum Gasteiger partial charge on any atom is 0.188 e. The second-order valence-corrected chi connectivity index (χ2v) is 6.23. The van der Waals surface area contributed by atoms with Crippen LogP contribution in [0.2, 0.25) is 0 Å². The van der Waals surface area contributed by atoms with E-state index in [0.717, 1.165) is 45.1 Å². The Labute approximate surface area is 155 Å². The van der Waals surface area contributed by atoms with Crippen LogP contribution in [0.15, 0.2) is 78.9 Å². The third kappa shape index (κ3) is 2.52. The van der Waals surface area contributed by atoms with E-state index < -0.39 is 0 Å². The van der Waals surface area contributed by atoms with Gasteiger partial charge in [0.15, 0.2) is 11.5 Å². The molecule has 0 aliphatic heterocycles. The minimum Gasteiger partial charge on any atom is -0.497 e. The molecule has 5 heteroatoms. The number of rotatable bonds is 3. The number of hydrogen-bond donors (Lipinski definition) is 0. The number of fused-ring (bicyclic) bond motifs is 3. The predicted molar refractivity (Wildman–Crippen MR) is 106 cm³/mol. The summed E-state index contributed by atoms with van der Waals surface area (Å²) in [6.07, 6.45) is 0. The third-order valence-corrected chi connectivity index (χ3v) is 4.63. The molecule has 0 spiro atoms. The summed E-state index contributed by atoms with van der Waals surface area (Å²) in [6, 6.07) is 26.0. The largest absolute Gasteiger partial charge is 0.497 e. The van der Waals surface area contributed by atoms with Crippen LogP contribution in [0.3, 0.4) is 0 Å². The second kappa shape index (κ2) is 6.21. The Balaban J connectivity index is 1.85. The molecule has 2 aromatic heterocycles. The van der Waals surface area contributed by atoms with E-state index in [1.165, 1.54) is 0 Å². The predicted octanol–water partition coefficient (Wildman–Crippen LogP) is 4.62. The third-order valence-electron chi connectivity index (χ3n) is 4.63. The minimum atomic E-state index is 0.741. The molecule has 0 unspecified atom stereocenters. The van der Waals surface area contributed by atoms with Gasteiger partial charge >= 0.3 is 0 Å². The number of ether oxygens (including phenoxy) is 1. The van der Waals surface area contributed by atoms with Crippen LogP contribution in [0, 0.1) is 0 Å². The van der Waals surface area contributed by atoms with E-state index in [2.05, 4.69) is 14.6 Å². The summed E-state index contributed by atoms with van der Waals surface area (Å²) in [6.45, 7) is 0. The lowest BCUT2D eigenvalue weighted by Gasteiger charge is -2.09. The molecule has 0 atom stereocenters. The zero-order valence-corrected chi connectivity index (χ0v) is 14.7. The molecule has 0 radical (unpaired) electrons. The van der Waals surface area contributed by atoms with Crippen molar-refractivity contribution in [1.29, 1.82) is 0 Å². The molecule has 3 aromatic carbocycles. The van der Waals surface area contributed by atoms with E-state index in [1.54, 1.807) is 7.11 Å². The molecule has 5 aromatic rings. The highest BCUT2D eigenvalue weighted by molar-refractivity contribution is 5.87. The maximum absolute atomic E-state index is 5.27. The summed E-state index contributed by atoms with van der Waals surface area (Å²) in [5.41, 5.74) is 5.43. The normalized spacial score (nSPS) is 11.1. The fraction of sp³-hybridized carbons (Fsp3) is 0.0455. The van der Waals surface area contributed by atoms with Crippen LogP contribution in [0.5, 0.6) is 5.75 Å². The van der Waals surface area contributed by atoms with Crippen LogP contribution in [-0.2, 0) is 0 Å². The molecule has 5 nitrogen and oxygen atoms in total. The average molecular weight is 352 g/mol. The molecule has 0 amide bonds. The SMILES string of the molecule is COc1ccc(-c2nnc3c(-c4ccccc4)nc4ccccc4n23)cc1. The van der Waals surface area contributed by atoms with Crippen molar-refractivity contribution in [2.75, 3.05) is 7.11 Å². The molecule has 130 valence electrons. The molecule has 0 aliphatic carbocycles. The Morgan fingerprint density at radius 1 is 0.741 bits per heavy atom. The van der Waals surface area contributed by atoms with Crippen LogP contribution < -0.4 is 4.74 Å². The first-order valence-corrected chi connectivity index (χ1v) is 8.69. The van der Waals surface area contributed by atoms with E-state index >= 15 is 0 Å². The van der Waals surface area contributed by atoms with Crippen molar-refractivity contribution in [1.82, 2.24) is 19.6 Å². The van der Waals surface area contributed by atoms with Gasteiger partial charge in [-0.25, -0.2) is 4.98 Å². The highest BCUT2D eigenvalue weighted by Crippen LogP contribution is 2.30. The summed E-state index contributed by atoms with van der Waals surface area (Å²) >= 11 is 0. The van der Waals surface area contributed by atoms with Crippen molar-refractivity contribution < 1.29 is 4.74 Å². The average Bonchev–Trinajstić information content (AvgIpc) is 3.19. The van der Waals surface area contributed by atoms with E-state index in [9.17, 15) is 0 Å². The molecule has 0 N–H and O–H groups in total. The standard InChI is InChI=1S/C22H16N4O/c1-27-17-13-11-16(12-14-17)21-24-25-22-20(15-7-3-2-4-8-15)23-18-9-5-6-10-19(18)26(21)22/h2-14H,1H3. The van der Waals surface area contributed by atoms with Crippen LogP contribution in [0.25, 0.3) is 39.3 Å². The zero-order valence-electron chi connectivity index (χ0n) is 14.7. The molecule has 0 fully saturated rings. The van der Waals surface area contributed by atoms with Gasteiger partial charge in [0, 0.05) is 11.1 Å². The summed E-state index contributed by atoms with van der Waals surface area (Å²) in [4.78, 5) is 4.86. The van der Waals surface area contributed by atoms with Gasteiger partial charge in [-0.1, -0.05) is 42.5 Å². The van der Waals surface area contributed by atoms with Crippen molar-refractivity contribution in [2.45, 2.75) is 0 Å². The van der Waals surface area contributed by atoms with Gasteiger partial charge in [-0.15, -0.1) is 10.2 Å². The van der Waals surface area contributed by atoms with Crippen molar-refractivity contribution in [3.8, 4) is 28.4 Å². The van der Waals surface area contributed by atoms with Gasteiger partial charge < -0.3 is 4.74 Å². The maximum atomic E-state index is 5.27. The van der Waals surface area contributed by atoms with E-state index in [-0.39, 0.29) is 0 Å². The van der Waals surface area contributed by atoms with Crippen molar-refractivity contribution in [3.05, 3.63) is 78.9 Å². The van der Waals surface area contributed by atoms with Crippen molar-refractivity contribution in [3.63, 3.8) is 0 Å². The highest BCUT2D eigenvalue weighted by Gasteiger charge is 2.17. The lowest BCUT2D eigenvalue weighted by molar-refractivity contribution is 0.415. The Hall–Kier alpha value is -3.73. The minimum absolute atomic E-state index is 0.741. The number of para-hydroxylation sites is 2. The van der Waals surface area contributed by atoms with Gasteiger partial charge in [0.25, 0.3) is 0 Å². The summed E-state index contributed by atoms with van der Waals surface area (Å²) < 4.78 is 7.34. The van der Waals surface area contributed by atoms with Gasteiger partial charge in [-0.3, -0.25) is 4.40 Å². The first kappa shape index (κ1) is 15.5. The number of benzene rings is 3. The topological polar surface area (TPSA) is 52.3 Å². The van der Waals surface area contributed by atoms with Crippen LogP contribution in [0.4, 0.5) is 0 Å². The van der Waals surface area contributed by atoms with Gasteiger partial charge in [0.05, 0.1) is 18.1 Å². The Morgan fingerprint density at radius 3 is 2.26 bits per heavy atom. The van der Waals surface area contributed by atoms with Gasteiger partial charge in [-0.2, -0.15) is 0 Å². The molecule has 0 saturated heterocycles. The molecule has 27 heavy (non-hydrogen) atoms. The van der Waals surface area contributed by atoms with Gasteiger partial charge in [0.2, 0.25) is 0 Å². The van der Waals surface area contributed by atoms with Crippen molar-refractivity contribution >= 4 is 16.7 Å².